The van der Waals surface area contributed by atoms with Crippen molar-refractivity contribution in [2.24, 2.45) is 0 Å². The van der Waals surface area contributed by atoms with E-state index in [0.29, 0.717) is 11.3 Å². The zero-order chi connectivity index (χ0) is 11.5. The van der Waals surface area contributed by atoms with Crippen LogP contribution in [0.15, 0.2) is 24.3 Å². The molecule has 15 heavy (non-hydrogen) atoms. The lowest BCUT2D eigenvalue weighted by Crippen LogP contribution is -2.19. The van der Waals surface area contributed by atoms with Gasteiger partial charge < -0.3 is 9.47 Å². The minimum atomic E-state index is -1.52. The number of ether oxygens (including phenoxy) is 2. The molecule has 0 bridgehead atoms. The average Bonchev–Trinajstić information content (AvgIpc) is 2.17. The molecule has 1 aromatic rings. The summed E-state index contributed by atoms with van der Waals surface area (Å²) >= 11 is 17.4. The molecule has 84 valence electrons. The quantitative estimate of drug-likeness (QED) is 0.778. The lowest BCUT2D eigenvalue weighted by molar-refractivity contribution is 0.104. The summed E-state index contributed by atoms with van der Waals surface area (Å²) in [6.45, 7) is 0. The monoisotopic (exact) mass is 268 g/mol. The molecular formula is C10H11Cl3O2. The van der Waals surface area contributed by atoms with Gasteiger partial charge in [0.15, 0.2) is 0 Å². The molecule has 0 heterocycles. The molecule has 0 N–H and O–H groups in total. The van der Waals surface area contributed by atoms with Crippen molar-refractivity contribution >= 4 is 34.8 Å². The number of halogens is 3. The molecule has 0 aliphatic heterocycles. The Kier molecular flexibility index (Phi) is 4.53. The topological polar surface area (TPSA) is 18.5 Å². The summed E-state index contributed by atoms with van der Waals surface area (Å²) in [4.78, 5) is 0. The molecule has 0 aliphatic rings. The average molecular weight is 270 g/mol. The molecule has 5 heteroatoms. The van der Waals surface area contributed by atoms with Crippen molar-refractivity contribution in [3.8, 4) is 5.75 Å². The van der Waals surface area contributed by atoms with Crippen LogP contribution in [0.5, 0.6) is 5.75 Å². The van der Waals surface area contributed by atoms with Gasteiger partial charge in [-0.2, -0.15) is 0 Å². The zero-order valence-corrected chi connectivity index (χ0v) is 10.6. The lowest BCUT2D eigenvalue weighted by atomic mass is 10.1. The molecule has 0 saturated carbocycles. The first-order valence-corrected chi connectivity index (χ1v) is 5.36. The maximum atomic E-state index is 5.81. The molecule has 1 unspecified atom stereocenters. The molecule has 0 amide bonds. The highest BCUT2D eigenvalue weighted by atomic mass is 35.6. The summed E-state index contributed by atoms with van der Waals surface area (Å²) in [6, 6.07) is 7.26. The van der Waals surface area contributed by atoms with E-state index in [4.69, 9.17) is 44.3 Å². The van der Waals surface area contributed by atoms with Gasteiger partial charge in [0.25, 0.3) is 0 Å². The first kappa shape index (κ1) is 12.9. The van der Waals surface area contributed by atoms with E-state index in [0.717, 1.165) is 0 Å². The van der Waals surface area contributed by atoms with Crippen LogP contribution in [0.3, 0.4) is 0 Å². The number of para-hydroxylation sites is 1. The maximum Gasteiger partial charge on any atom is 0.220 e. The molecular weight excluding hydrogens is 258 g/mol. The van der Waals surface area contributed by atoms with E-state index in [9.17, 15) is 0 Å². The van der Waals surface area contributed by atoms with Gasteiger partial charge in [-0.3, -0.25) is 0 Å². The Bertz CT molecular complexity index is 323. The van der Waals surface area contributed by atoms with Gasteiger partial charge in [-0.05, 0) is 6.07 Å². The summed E-state index contributed by atoms with van der Waals surface area (Å²) in [5.74, 6) is 0.635. The summed E-state index contributed by atoms with van der Waals surface area (Å²) in [5, 5.41) is 0. The third-order valence-electron chi connectivity index (χ3n) is 1.95. The van der Waals surface area contributed by atoms with E-state index in [-0.39, 0.29) is 0 Å². The second-order valence-electron chi connectivity index (χ2n) is 2.90. The second kappa shape index (κ2) is 5.26. The van der Waals surface area contributed by atoms with E-state index in [1.54, 1.807) is 19.2 Å². The van der Waals surface area contributed by atoms with E-state index >= 15 is 0 Å². The maximum absolute atomic E-state index is 5.81. The number of benzene rings is 1. The molecule has 0 fully saturated rings. The fourth-order valence-corrected chi connectivity index (χ4v) is 1.94. The van der Waals surface area contributed by atoms with Crippen molar-refractivity contribution in [3.63, 3.8) is 0 Å². The van der Waals surface area contributed by atoms with E-state index in [2.05, 4.69) is 0 Å². The van der Waals surface area contributed by atoms with Gasteiger partial charge >= 0.3 is 0 Å². The highest BCUT2D eigenvalue weighted by molar-refractivity contribution is 6.68. The summed E-state index contributed by atoms with van der Waals surface area (Å²) in [5.41, 5.74) is 0.711. The molecule has 0 aromatic heterocycles. The molecule has 1 rings (SSSR count). The molecule has 2 nitrogen and oxygen atoms in total. The van der Waals surface area contributed by atoms with Crippen molar-refractivity contribution in [1.29, 1.82) is 0 Å². The van der Waals surface area contributed by atoms with Crippen LogP contribution in [-0.4, -0.2) is 18.0 Å². The van der Waals surface area contributed by atoms with Gasteiger partial charge in [0.1, 0.15) is 11.9 Å². The summed E-state index contributed by atoms with van der Waals surface area (Å²) in [6.07, 6.45) is -0.654. The molecule has 0 radical (unpaired) electrons. The number of hydrogen-bond donors (Lipinski definition) is 0. The van der Waals surface area contributed by atoms with Crippen LogP contribution in [0.25, 0.3) is 0 Å². The third kappa shape index (κ3) is 3.15. The molecule has 0 aliphatic carbocycles. The zero-order valence-electron chi connectivity index (χ0n) is 8.34. The summed E-state index contributed by atoms with van der Waals surface area (Å²) in [7, 11) is 3.04. The van der Waals surface area contributed by atoms with E-state index in [1.807, 2.05) is 12.1 Å². The van der Waals surface area contributed by atoms with Crippen LogP contribution in [-0.2, 0) is 4.74 Å². The van der Waals surface area contributed by atoms with Gasteiger partial charge in [-0.1, -0.05) is 53.0 Å². The van der Waals surface area contributed by atoms with E-state index < -0.39 is 9.90 Å². The smallest absolute Gasteiger partial charge is 0.220 e. The summed E-state index contributed by atoms with van der Waals surface area (Å²) < 4.78 is 8.81. The molecule has 0 saturated heterocycles. The Hall–Kier alpha value is -0.150. The number of rotatable bonds is 3. The van der Waals surface area contributed by atoms with Crippen molar-refractivity contribution in [2.45, 2.75) is 9.90 Å². The Labute approximate surface area is 104 Å². The number of hydrogen-bond acceptors (Lipinski definition) is 2. The minimum Gasteiger partial charge on any atom is -0.496 e. The van der Waals surface area contributed by atoms with Gasteiger partial charge in [0, 0.05) is 12.7 Å². The predicted molar refractivity (Wildman–Crippen MR) is 63.0 cm³/mol. The van der Waals surface area contributed by atoms with Crippen LogP contribution < -0.4 is 4.74 Å². The van der Waals surface area contributed by atoms with Crippen LogP contribution in [0.1, 0.15) is 11.7 Å². The standard InChI is InChI=1S/C10H11Cl3O2/c1-14-8-6-4-3-5-7(8)9(15-2)10(11,12)13/h3-6,9H,1-2H3. The minimum absolute atomic E-state index is 0.635. The van der Waals surface area contributed by atoms with Gasteiger partial charge in [-0.15, -0.1) is 0 Å². The molecule has 1 aromatic carbocycles. The number of alkyl halides is 3. The largest absolute Gasteiger partial charge is 0.496 e. The van der Waals surface area contributed by atoms with Gasteiger partial charge in [-0.25, -0.2) is 0 Å². The second-order valence-corrected chi connectivity index (χ2v) is 5.27. The highest BCUT2D eigenvalue weighted by Gasteiger charge is 2.35. The van der Waals surface area contributed by atoms with Crippen molar-refractivity contribution in [2.75, 3.05) is 14.2 Å². The lowest BCUT2D eigenvalue weighted by Gasteiger charge is -2.24. The number of methoxy groups -OCH3 is 2. The Balaban J connectivity index is 3.12. The van der Waals surface area contributed by atoms with Crippen molar-refractivity contribution in [1.82, 2.24) is 0 Å². The fourth-order valence-electron chi connectivity index (χ4n) is 1.32. The molecule has 0 spiro atoms. The first-order chi connectivity index (χ1) is 7.00. The van der Waals surface area contributed by atoms with Crippen LogP contribution in [0.4, 0.5) is 0 Å². The predicted octanol–water partition coefficient (Wildman–Crippen LogP) is 3.75. The third-order valence-corrected chi connectivity index (χ3v) is 2.55. The van der Waals surface area contributed by atoms with Crippen LogP contribution >= 0.6 is 34.8 Å². The Morgan fingerprint density at radius 3 is 2.20 bits per heavy atom. The SMILES string of the molecule is COc1ccccc1C(OC)C(Cl)(Cl)Cl. The van der Waals surface area contributed by atoms with Crippen molar-refractivity contribution in [3.05, 3.63) is 29.8 Å². The van der Waals surface area contributed by atoms with Crippen molar-refractivity contribution < 1.29 is 9.47 Å². The first-order valence-electron chi connectivity index (χ1n) is 4.23. The highest BCUT2D eigenvalue weighted by Crippen LogP contribution is 2.44. The van der Waals surface area contributed by atoms with Gasteiger partial charge in [0.05, 0.1) is 7.11 Å². The fraction of sp³-hybridized carbons (Fsp3) is 0.400. The van der Waals surface area contributed by atoms with Crippen LogP contribution in [0.2, 0.25) is 0 Å². The normalized spacial score (nSPS) is 13.7. The van der Waals surface area contributed by atoms with Crippen LogP contribution in [0, 0.1) is 0 Å². The Morgan fingerprint density at radius 1 is 1.13 bits per heavy atom. The van der Waals surface area contributed by atoms with Gasteiger partial charge in [0.2, 0.25) is 3.79 Å². The Morgan fingerprint density at radius 2 is 1.73 bits per heavy atom. The molecule has 1 atom stereocenters. The van der Waals surface area contributed by atoms with E-state index in [1.165, 1.54) is 7.11 Å².